The summed E-state index contributed by atoms with van der Waals surface area (Å²) in [6.45, 7) is 5.64. The molecule has 0 bridgehead atoms. The molecule has 1 aliphatic heterocycles. The monoisotopic (exact) mass is 400 g/mol. The smallest absolute Gasteiger partial charge is 0.223 e. The minimum atomic E-state index is -3.00. The summed E-state index contributed by atoms with van der Waals surface area (Å²) in [7, 11) is -3.00. The van der Waals surface area contributed by atoms with Crippen LogP contribution < -0.4 is 5.32 Å². The van der Waals surface area contributed by atoms with E-state index in [0.717, 1.165) is 17.0 Å². The van der Waals surface area contributed by atoms with Crippen LogP contribution in [0, 0.1) is 20.8 Å². The molecular formula is C18H20N6O3S. The van der Waals surface area contributed by atoms with Gasteiger partial charge in [0.15, 0.2) is 15.6 Å². The van der Waals surface area contributed by atoms with Crippen LogP contribution in [0.4, 0.5) is 5.95 Å². The number of anilines is 1. The molecule has 4 heterocycles. The molecule has 1 N–H and O–H groups in total. The van der Waals surface area contributed by atoms with Crippen molar-refractivity contribution < 1.29 is 12.9 Å². The molecule has 4 rings (SSSR count). The van der Waals surface area contributed by atoms with Gasteiger partial charge in [0.1, 0.15) is 11.4 Å². The summed E-state index contributed by atoms with van der Waals surface area (Å²) in [5.41, 5.74) is 4.24. The van der Waals surface area contributed by atoms with Gasteiger partial charge in [-0.1, -0.05) is 5.16 Å². The third-order valence-corrected chi connectivity index (χ3v) is 6.55. The van der Waals surface area contributed by atoms with Crippen LogP contribution in [0.15, 0.2) is 23.1 Å². The molecule has 1 saturated heterocycles. The molecule has 1 aliphatic rings. The summed E-state index contributed by atoms with van der Waals surface area (Å²) in [4.78, 5) is 17.7. The second-order valence-electron chi connectivity index (χ2n) is 6.97. The Bertz CT molecular complexity index is 1120. The molecule has 0 unspecified atom stereocenters. The van der Waals surface area contributed by atoms with E-state index in [1.807, 2.05) is 20.8 Å². The third kappa shape index (κ3) is 3.59. The predicted octanol–water partition coefficient (Wildman–Crippen LogP) is 2.11. The summed E-state index contributed by atoms with van der Waals surface area (Å²) in [6, 6.07) is -0.206. The average Bonchev–Trinajstić information content (AvgIpc) is 3.17. The van der Waals surface area contributed by atoms with E-state index in [-0.39, 0.29) is 17.5 Å². The van der Waals surface area contributed by atoms with Crippen LogP contribution in [0.3, 0.4) is 0 Å². The molecule has 146 valence electrons. The number of rotatable bonds is 4. The second kappa shape index (κ2) is 6.93. The van der Waals surface area contributed by atoms with Crippen molar-refractivity contribution in [3.8, 4) is 22.7 Å². The van der Waals surface area contributed by atoms with Crippen LogP contribution in [-0.2, 0) is 9.84 Å². The summed E-state index contributed by atoms with van der Waals surface area (Å²) < 4.78 is 28.9. The van der Waals surface area contributed by atoms with Gasteiger partial charge in [-0.3, -0.25) is 9.97 Å². The maximum absolute atomic E-state index is 11.7. The highest BCUT2D eigenvalue weighted by molar-refractivity contribution is 7.91. The normalized spacial score (nSPS) is 18.3. The van der Waals surface area contributed by atoms with E-state index in [2.05, 4.69) is 30.4 Å². The van der Waals surface area contributed by atoms with Gasteiger partial charge < -0.3 is 9.84 Å². The van der Waals surface area contributed by atoms with Crippen LogP contribution in [0.5, 0.6) is 0 Å². The van der Waals surface area contributed by atoms with Crippen molar-refractivity contribution in [3.63, 3.8) is 0 Å². The lowest BCUT2D eigenvalue weighted by atomic mass is 10.1. The SMILES string of the molecule is Cc1cnc(-c2nc(N[C@H]3CCS(=O)(=O)C3)ncc2-c2onc(C)c2C)cn1. The molecule has 1 fully saturated rings. The topological polar surface area (TPSA) is 124 Å². The number of aromatic nitrogens is 5. The molecule has 0 amide bonds. The van der Waals surface area contributed by atoms with E-state index in [4.69, 9.17) is 4.52 Å². The molecular weight excluding hydrogens is 380 g/mol. The molecule has 0 saturated carbocycles. The van der Waals surface area contributed by atoms with Crippen molar-refractivity contribution in [2.24, 2.45) is 0 Å². The zero-order valence-corrected chi connectivity index (χ0v) is 16.6. The largest absolute Gasteiger partial charge is 0.356 e. The number of hydrogen-bond donors (Lipinski definition) is 1. The Morgan fingerprint density at radius 2 is 1.93 bits per heavy atom. The van der Waals surface area contributed by atoms with Crippen molar-refractivity contribution in [1.29, 1.82) is 0 Å². The molecule has 1 atom stereocenters. The number of aryl methyl sites for hydroxylation is 2. The molecule has 0 radical (unpaired) electrons. The number of hydrogen-bond acceptors (Lipinski definition) is 9. The quantitative estimate of drug-likeness (QED) is 0.701. The van der Waals surface area contributed by atoms with E-state index in [9.17, 15) is 8.42 Å². The fourth-order valence-corrected chi connectivity index (χ4v) is 4.76. The summed E-state index contributed by atoms with van der Waals surface area (Å²) in [5, 5.41) is 7.13. The minimum absolute atomic E-state index is 0.0815. The number of nitrogens with zero attached hydrogens (tertiary/aromatic N) is 5. The van der Waals surface area contributed by atoms with Crippen molar-refractivity contribution >= 4 is 15.8 Å². The Labute approximate surface area is 162 Å². The van der Waals surface area contributed by atoms with Crippen molar-refractivity contribution in [2.75, 3.05) is 16.8 Å². The average molecular weight is 400 g/mol. The maximum Gasteiger partial charge on any atom is 0.223 e. The Balaban J connectivity index is 1.76. The molecule has 9 nitrogen and oxygen atoms in total. The first-order valence-corrected chi connectivity index (χ1v) is 10.7. The Kier molecular flexibility index (Phi) is 4.58. The summed E-state index contributed by atoms with van der Waals surface area (Å²) in [6.07, 6.45) is 5.48. The van der Waals surface area contributed by atoms with Crippen molar-refractivity contribution in [3.05, 3.63) is 35.5 Å². The Morgan fingerprint density at radius 1 is 1.11 bits per heavy atom. The van der Waals surface area contributed by atoms with Gasteiger partial charge >= 0.3 is 0 Å². The molecule has 10 heteroatoms. The standard InChI is InChI=1S/C18H20N6O3S/c1-10-6-20-15(8-19-10)16-14(17-11(2)12(3)24-27-17)7-21-18(23-16)22-13-4-5-28(25,26)9-13/h6-8,13H,4-5,9H2,1-3H3,(H,21,22,23)/t13-/m0/s1. The number of nitrogens with one attached hydrogen (secondary N) is 1. The van der Waals surface area contributed by atoms with Gasteiger partial charge in [-0.15, -0.1) is 0 Å². The lowest BCUT2D eigenvalue weighted by Gasteiger charge is -2.13. The Morgan fingerprint density at radius 3 is 2.54 bits per heavy atom. The molecule has 0 aliphatic carbocycles. The van der Waals surface area contributed by atoms with Gasteiger partial charge in [-0.05, 0) is 27.2 Å². The van der Waals surface area contributed by atoms with Gasteiger partial charge in [-0.25, -0.2) is 18.4 Å². The number of sulfone groups is 1. The molecule has 3 aromatic heterocycles. The van der Waals surface area contributed by atoms with E-state index < -0.39 is 9.84 Å². The van der Waals surface area contributed by atoms with E-state index in [1.165, 1.54) is 0 Å². The summed E-state index contributed by atoms with van der Waals surface area (Å²) in [5.74, 6) is 1.18. The van der Waals surface area contributed by atoms with Crippen molar-refractivity contribution in [1.82, 2.24) is 25.1 Å². The van der Waals surface area contributed by atoms with Gasteiger partial charge in [0, 0.05) is 24.0 Å². The van der Waals surface area contributed by atoms with Crippen molar-refractivity contribution in [2.45, 2.75) is 33.2 Å². The van der Waals surface area contributed by atoms with E-state index in [1.54, 1.807) is 18.6 Å². The zero-order valence-electron chi connectivity index (χ0n) is 15.8. The first-order valence-electron chi connectivity index (χ1n) is 8.88. The first-order chi connectivity index (χ1) is 13.3. The lowest BCUT2D eigenvalue weighted by Crippen LogP contribution is -2.22. The predicted molar refractivity (Wildman–Crippen MR) is 103 cm³/mol. The van der Waals surface area contributed by atoms with Crippen LogP contribution in [0.2, 0.25) is 0 Å². The van der Waals surface area contributed by atoms with Crippen LogP contribution in [0.1, 0.15) is 23.4 Å². The molecule has 0 spiro atoms. The lowest BCUT2D eigenvalue weighted by molar-refractivity contribution is 0.426. The van der Waals surface area contributed by atoms with Gasteiger partial charge in [0.05, 0.1) is 34.7 Å². The highest BCUT2D eigenvalue weighted by Gasteiger charge is 2.29. The molecule has 28 heavy (non-hydrogen) atoms. The fourth-order valence-electron chi connectivity index (χ4n) is 3.09. The highest BCUT2D eigenvalue weighted by atomic mass is 32.2. The van der Waals surface area contributed by atoms with Gasteiger partial charge in [0.2, 0.25) is 5.95 Å². The van der Waals surface area contributed by atoms with E-state index >= 15 is 0 Å². The second-order valence-corrected chi connectivity index (χ2v) is 9.19. The third-order valence-electron chi connectivity index (χ3n) is 4.78. The fraction of sp³-hybridized carbons (Fsp3) is 0.389. The van der Waals surface area contributed by atoms with Crippen LogP contribution >= 0.6 is 0 Å². The highest BCUT2D eigenvalue weighted by Crippen LogP contribution is 2.33. The molecule has 0 aromatic carbocycles. The van der Waals surface area contributed by atoms with Gasteiger partial charge in [0.25, 0.3) is 0 Å². The van der Waals surface area contributed by atoms with Crippen LogP contribution in [-0.4, -0.2) is 51.1 Å². The zero-order chi connectivity index (χ0) is 19.9. The minimum Gasteiger partial charge on any atom is -0.356 e. The summed E-state index contributed by atoms with van der Waals surface area (Å²) >= 11 is 0. The van der Waals surface area contributed by atoms with E-state index in [0.29, 0.717) is 35.1 Å². The van der Waals surface area contributed by atoms with Crippen LogP contribution in [0.25, 0.3) is 22.7 Å². The van der Waals surface area contributed by atoms with Gasteiger partial charge in [-0.2, -0.15) is 0 Å². The molecule has 3 aromatic rings. The Hall–Kier alpha value is -2.88. The maximum atomic E-state index is 11.7. The first kappa shape index (κ1) is 18.5.